The average molecular weight is 305 g/mol. The summed E-state index contributed by atoms with van der Waals surface area (Å²) in [6, 6.07) is 5.68. The van der Waals surface area contributed by atoms with E-state index in [1.807, 2.05) is 11.4 Å². The number of thiazole rings is 1. The van der Waals surface area contributed by atoms with Crippen LogP contribution in [0.2, 0.25) is 0 Å². The summed E-state index contributed by atoms with van der Waals surface area (Å²) in [5, 5.41) is 18.5. The molecule has 2 aromatic heterocycles. The molecule has 0 fully saturated rings. The number of nitrogens with one attached hydrogen (secondary N) is 1. The lowest BCUT2D eigenvalue weighted by Gasteiger charge is -2.06. The monoisotopic (exact) mass is 305 g/mol. The molecule has 7 heteroatoms. The van der Waals surface area contributed by atoms with Gasteiger partial charge in [-0.25, -0.2) is 4.98 Å². The lowest BCUT2D eigenvalue weighted by Crippen LogP contribution is -2.06. The highest BCUT2D eigenvalue weighted by Gasteiger charge is 2.20. The van der Waals surface area contributed by atoms with Gasteiger partial charge in [0, 0.05) is 6.54 Å². The van der Waals surface area contributed by atoms with Gasteiger partial charge < -0.3 is 5.32 Å². The molecule has 3 aromatic rings. The van der Waals surface area contributed by atoms with Crippen molar-refractivity contribution >= 4 is 44.3 Å². The van der Waals surface area contributed by atoms with E-state index < -0.39 is 0 Å². The van der Waals surface area contributed by atoms with Crippen LogP contribution in [-0.2, 0) is 6.42 Å². The Balaban J connectivity index is 1.83. The van der Waals surface area contributed by atoms with E-state index in [-0.39, 0.29) is 10.6 Å². The number of hydrogen-bond donors (Lipinski definition) is 1. The molecule has 20 heavy (non-hydrogen) atoms. The van der Waals surface area contributed by atoms with Gasteiger partial charge in [-0.05, 0) is 40.9 Å². The lowest BCUT2D eigenvalue weighted by atomic mass is 10.2. The molecule has 102 valence electrons. The van der Waals surface area contributed by atoms with Crippen LogP contribution in [0, 0.1) is 10.1 Å². The first-order valence-electron chi connectivity index (χ1n) is 6.01. The molecule has 2 heterocycles. The van der Waals surface area contributed by atoms with Gasteiger partial charge >= 0.3 is 5.69 Å². The maximum Gasteiger partial charge on any atom is 0.319 e. The molecule has 0 aliphatic heterocycles. The van der Waals surface area contributed by atoms with E-state index in [0.717, 1.165) is 11.1 Å². The van der Waals surface area contributed by atoms with Crippen LogP contribution in [0.3, 0.4) is 0 Å². The van der Waals surface area contributed by atoms with E-state index in [9.17, 15) is 10.1 Å². The summed E-state index contributed by atoms with van der Waals surface area (Å²) in [6.07, 6.45) is 0.843. The topological polar surface area (TPSA) is 68.1 Å². The SMILES string of the molecule is O=[N+]([O-])c1c(NCCc2ccsc2)ccc2scnc12. The number of nitro benzene ring substituents is 1. The van der Waals surface area contributed by atoms with Crippen LogP contribution in [0.15, 0.2) is 34.5 Å². The van der Waals surface area contributed by atoms with Gasteiger partial charge in [-0.15, -0.1) is 11.3 Å². The Morgan fingerprint density at radius 3 is 3.00 bits per heavy atom. The standard InChI is InChI=1S/C13H11N3O2S2/c17-16(18)13-10(1-2-11-12(13)15-8-20-11)14-5-3-9-4-6-19-7-9/h1-2,4,6-8,14H,3,5H2. The van der Waals surface area contributed by atoms with Crippen molar-refractivity contribution in [3.8, 4) is 0 Å². The van der Waals surface area contributed by atoms with E-state index >= 15 is 0 Å². The molecular formula is C13H11N3O2S2. The zero-order chi connectivity index (χ0) is 13.9. The molecule has 0 saturated carbocycles. The van der Waals surface area contributed by atoms with Crippen LogP contribution in [-0.4, -0.2) is 16.5 Å². The number of aromatic nitrogens is 1. The number of fused-ring (bicyclic) bond motifs is 1. The summed E-state index contributed by atoms with van der Waals surface area (Å²) in [5.41, 5.74) is 3.92. The molecular weight excluding hydrogens is 294 g/mol. The molecule has 0 aliphatic carbocycles. The van der Waals surface area contributed by atoms with Crippen molar-refractivity contribution in [2.24, 2.45) is 0 Å². The van der Waals surface area contributed by atoms with E-state index in [2.05, 4.69) is 21.7 Å². The molecule has 0 unspecified atom stereocenters. The molecule has 0 bridgehead atoms. The third kappa shape index (κ3) is 2.50. The minimum atomic E-state index is -0.366. The van der Waals surface area contributed by atoms with Gasteiger partial charge in [0.1, 0.15) is 5.69 Å². The molecule has 0 amide bonds. The smallest absolute Gasteiger partial charge is 0.319 e. The number of benzene rings is 1. The fourth-order valence-corrected chi connectivity index (χ4v) is 3.40. The quantitative estimate of drug-likeness (QED) is 0.573. The molecule has 0 radical (unpaired) electrons. The van der Waals surface area contributed by atoms with Crippen molar-refractivity contribution in [2.45, 2.75) is 6.42 Å². The normalized spacial score (nSPS) is 10.8. The van der Waals surface area contributed by atoms with Crippen molar-refractivity contribution in [2.75, 3.05) is 11.9 Å². The second-order valence-corrected chi connectivity index (χ2v) is 5.89. The van der Waals surface area contributed by atoms with Crippen LogP contribution in [0.4, 0.5) is 11.4 Å². The Hall–Kier alpha value is -1.99. The third-order valence-corrected chi connectivity index (χ3v) is 4.49. The van der Waals surface area contributed by atoms with Gasteiger partial charge in [0.25, 0.3) is 0 Å². The summed E-state index contributed by atoms with van der Waals surface area (Å²) >= 11 is 3.06. The predicted molar refractivity (Wildman–Crippen MR) is 82.8 cm³/mol. The largest absolute Gasteiger partial charge is 0.379 e. The molecule has 0 atom stereocenters. The van der Waals surface area contributed by atoms with Gasteiger partial charge in [0.05, 0.1) is 15.1 Å². The Labute approximate surface area is 123 Å². The molecule has 1 aromatic carbocycles. The highest BCUT2D eigenvalue weighted by molar-refractivity contribution is 7.16. The Morgan fingerprint density at radius 1 is 1.35 bits per heavy atom. The van der Waals surface area contributed by atoms with Crippen LogP contribution in [0.1, 0.15) is 5.56 Å². The number of nitro groups is 1. The Bertz CT molecular complexity index is 737. The molecule has 1 N–H and O–H groups in total. The number of thiophene rings is 1. The highest BCUT2D eigenvalue weighted by atomic mass is 32.1. The maximum atomic E-state index is 11.3. The van der Waals surface area contributed by atoms with Crippen LogP contribution >= 0.6 is 22.7 Å². The van der Waals surface area contributed by atoms with Gasteiger partial charge in [-0.3, -0.25) is 10.1 Å². The summed E-state index contributed by atoms with van der Waals surface area (Å²) in [5.74, 6) is 0. The zero-order valence-corrected chi connectivity index (χ0v) is 12.0. The first-order chi connectivity index (χ1) is 9.75. The van der Waals surface area contributed by atoms with Crippen LogP contribution in [0.5, 0.6) is 0 Å². The molecule has 0 aliphatic rings. The second-order valence-electron chi connectivity index (χ2n) is 4.23. The summed E-state index contributed by atoms with van der Waals surface area (Å²) < 4.78 is 0.833. The lowest BCUT2D eigenvalue weighted by molar-refractivity contribution is -0.382. The van der Waals surface area contributed by atoms with Crippen molar-refractivity contribution < 1.29 is 4.92 Å². The minimum Gasteiger partial charge on any atom is -0.379 e. The van der Waals surface area contributed by atoms with Crippen molar-refractivity contribution in [1.29, 1.82) is 0 Å². The van der Waals surface area contributed by atoms with Crippen molar-refractivity contribution in [3.63, 3.8) is 0 Å². The minimum absolute atomic E-state index is 0.0640. The van der Waals surface area contributed by atoms with E-state index in [1.54, 1.807) is 22.9 Å². The molecule has 0 saturated heterocycles. The fourth-order valence-electron chi connectivity index (χ4n) is 2.02. The third-order valence-electron chi connectivity index (χ3n) is 2.97. The Morgan fingerprint density at radius 2 is 2.25 bits per heavy atom. The molecule has 5 nitrogen and oxygen atoms in total. The van der Waals surface area contributed by atoms with Crippen molar-refractivity contribution in [1.82, 2.24) is 4.98 Å². The van der Waals surface area contributed by atoms with Crippen LogP contribution < -0.4 is 5.32 Å². The highest BCUT2D eigenvalue weighted by Crippen LogP contribution is 2.34. The molecule has 3 rings (SSSR count). The van der Waals surface area contributed by atoms with Gasteiger partial charge in [-0.2, -0.15) is 11.3 Å². The van der Waals surface area contributed by atoms with E-state index in [0.29, 0.717) is 17.7 Å². The van der Waals surface area contributed by atoms with Crippen molar-refractivity contribution in [3.05, 3.63) is 50.1 Å². The maximum absolute atomic E-state index is 11.3. The molecule has 0 spiro atoms. The number of hydrogen-bond acceptors (Lipinski definition) is 6. The summed E-state index contributed by atoms with van der Waals surface area (Å²) in [6.45, 7) is 0.660. The average Bonchev–Trinajstić information content (AvgIpc) is 3.07. The number of anilines is 1. The van der Waals surface area contributed by atoms with E-state index in [4.69, 9.17) is 0 Å². The van der Waals surface area contributed by atoms with Crippen LogP contribution in [0.25, 0.3) is 10.2 Å². The fraction of sp³-hybridized carbons (Fsp3) is 0.154. The first-order valence-corrected chi connectivity index (χ1v) is 7.83. The van der Waals surface area contributed by atoms with Gasteiger partial charge in [-0.1, -0.05) is 0 Å². The van der Waals surface area contributed by atoms with E-state index in [1.165, 1.54) is 16.9 Å². The first kappa shape index (κ1) is 13.0. The second kappa shape index (κ2) is 5.56. The predicted octanol–water partition coefficient (Wildman–Crippen LogP) is 3.92. The summed E-state index contributed by atoms with van der Waals surface area (Å²) in [7, 11) is 0. The van der Waals surface area contributed by atoms with Gasteiger partial charge in [0.15, 0.2) is 5.52 Å². The zero-order valence-electron chi connectivity index (χ0n) is 10.4. The van der Waals surface area contributed by atoms with Gasteiger partial charge in [0.2, 0.25) is 0 Å². The summed E-state index contributed by atoms with van der Waals surface area (Å²) in [4.78, 5) is 15.0. The number of rotatable bonds is 5. The number of nitrogens with zero attached hydrogens (tertiary/aromatic N) is 2. The Kier molecular flexibility index (Phi) is 3.62.